The lowest BCUT2D eigenvalue weighted by atomic mass is 9.94. The molecule has 2 atom stereocenters. The molecule has 0 aliphatic carbocycles. The SMILES string of the molecule is C[C@H](NC(=O)c1cc(Cl)[nH]c(=O)c1)[C@H]1COc2ccccc21. The lowest BCUT2D eigenvalue weighted by molar-refractivity contribution is 0.0932. The van der Waals surface area contributed by atoms with Crippen LogP contribution in [-0.4, -0.2) is 23.5 Å². The number of carbonyl (C=O) groups is 1. The molecular formula is C16H15ClN2O3. The highest BCUT2D eigenvalue weighted by molar-refractivity contribution is 6.29. The van der Waals surface area contributed by atoms with Gasteiger partial charge in [0.05, 0.1) is 6.61 Å². The second-order valence-corrected chi connectivity index (χ2v) is 5.71. The normalized spacial score (nSPS) is 17.5. The van der Waals surface area contributed by atoms with Crippen LogP contribution in [0.25, 0.3) is 0 Å². The van der Waals surface area contributed by atoms with Gasteiger partial charge in [0.25, 0.3) is 5.91 Å². The highest BCUT2D eigenvalue weighted by Gasteiger charge is 2.29. The molecule has 0 radical (unpaired) electrons. The molecule has 1 aliphatic heterocycles. The molecule has 1 aromatic heterocycles. The Hall–Kier alpha value is -2.27. The molecule has 6 heteroatoms. The van der Waals surface area contributed by atoms with Crippen LogP contribution in [0.2, 0.25) is 5.15 Å². The van der Waals surface area contributed by atoms with Crippen molar-refractivity contribution in [1.29, 1.82) is 0 Å². The van der Waals surface area contributed by atoms with Crippen molar-refractivity contribution in [3.05, 3.63) is 63.0 Å². The van der Waals surface area contributed by atoms with Crippen LogP contribution in [-0.2, 0) is 0 Å². The van der Waals surface area contributed by atoms with Gasteiger partial charge in [-0.15, -0.1) is 0 Å². The third-order valence-corrected chi connectivity index (χ3v) is 3.98. The summed E-state index contributed by atoms with van der Waals surface area (Å²) in [7, 11) is 0. The van der Waals surface area contributed by atoms with Crippen LogP contribution in [0.1, 0.15) is 28.8 Å². The number of hydrogen-bond acceptors (Lipinski definition) is 3. The minimum Gasteiger partial charge on any atom is -0.493 e. The summed E-state index contributed by atoms with van der Waals surface area (Å²) in [5.74, 6) is 0.607. The topological polar surface area (TPSA) is 71.2 Å². The van der Waals surface area contributed by atoms with Gasteiger partial charge in [-0.2, -0.15) is 0 Å². The number of rotatable bonds is 3. The van der Waals surface area contributed by atoms with E-state index in [1.165, 1.54) is 12.1 Å². The van der Waals surface area contributed by atoms with Gasteiger partial charge in [-0.1, -0.05) is 29.8 Å². The average molecular weight is 319 g/mol. The van der Waals surface area contributed by atoms with E-state index in [9.17, 15) is 9.59 Å². The Morgan fingerprint density at radius 2 is 2.18 bits per heavy atom. The van der Waals surface area contributed by atoms with Crippen molar-refractivity contribution in [2.24, 2.45) is 0 Å². The second-order valence-electron chi connectivity index (χ2n) is 5.30. The molecule has 3 rings (SSSR count). The number of hydrogen-bond donors (Lipinski definition) is 2. The van der Waals surface area contributed by atoms with Crippen molar-refractivity contribution < 1.29 is 9.53 Å². The number of para-hydroxylation sites is 1. The molecule has 114 valence electrons. The van der Waals surface area contributed by atoms with Crippen molar-refractivity contribution in [1.82, 2.24) is 10.3 Å². The number of carbonyl (C=O) groups excluding carboxylic acids is 1. The molecule has 0 spiro atoms. The van der Waals surface area contributed by atoms with Gasteiger partial charge >= 0.3 is 0 Å². The Balaban J connectivity index is 1.76. The zero-order valence-corrected chi connectivity index (χ0v) is 12.7. The number of amides is 1. The third-order valence-electron chi connectivity index (χ3n) is 3.77. The number of benzene rings is 1. The molecule has 1 aliphatic rings. The Morgan fingerprint density at radius 1 is 1.41 bits per heavy atom. The molecule has 0 fully saturated rings. The second kappa shape index (κ2) is 5.85. The van der Waals surface area contributed by atoms with Crippen molar-refractivity contribution in [3.63, 3.8) is 0 Å². The summed E-state index contributed by atoms with van der Waals surface area (Å²) in [5, 5.41) is 3.04. The fraction of sp³-hybridized carbons (Fsp3) is 0.250. The first kappa shape index (κ1) is 14.7. The van der Waals surface area contributed by atoms with Crippen molar-refractivity contribution >= 4 is 17.5 Å². The van der Waals surface area contributed by atoms with E-state index in [4.69, 9.17) is 16.3 Å². The van der Waals surface area contributed by atoms with E-state index in [0.717, 1.165) is 11.3 Å². The van der Waals surface area contributed by atoms with E-state index in [1.807, 2.05) is 31.2 Å². The maximum atomic E-state index is 12.3. The van der Waals surface area contributed by atoms with Crippen LogP contribution in [0.4, 0.5) is 0 Å². The van der Waals surface area contributed by atoms with Crippen molar-refractivity contribution in [2.45, 2.75) is 18.9 Å². The lowest BCUT2D eigenvalue weighted by Crippen LogP contribution is -2.38. The molecule has 2 aromatic rings. The van der Waals surface area contributed by atoms with Crippen LogP contribution < -0.4 is 15.6 Å². The van der Waals surface area contributed by atoms with Gasteiger partial charge in [-0.05, 0) is 19.1 Å². The molecule has 5 nitrogen and oxygen atoms in total. The molecule has 2 heterocycles. The maximum Gasteiger partial charge on any atom is 0.251 e. The number of aromatic amines is 1. The number of pyridine rings is 1. The van der Waals surface area contributed by atoms with Crippen LogP contribution in [0.3, 0.4) is 0 Å². The molecule has 22 heavy (non-hydrogen) atoms. The number of fused-ring (bicyclic) bond motifs is 1. The summed E-state index contributed by atoms with van der Waals surface area (Å²) in [5.41, 5.74) is 0.923. The van der Waals surface area contributed by atoms with Crippen LogP contribution >= 0.6 is 11.6 Å². The van der Waals surface area contributed by atoms with E-state index in [0.29, 0.717) is 6.61 Å². The van der Waals surface area contributed by atoms with Gasteiger partial charge < -0.3 is 15.0 Å². The van der Waals surface area contributed by atoms with E-state index < -0.39 is 5.56 Å². The van der Waals surface area contributed by atoms with Gasteiger partial charge in [0.15, 0.2) is 0 Å². The summed E-state index contributed by atoms with van der Waals surface area (Å²) in [6.07, 6.45) is 0. The van der Waals surface area contributed by atoms with Crippen molar-refractivity contribution in [2.75, 3.05) is 6.61 Å². The zero-order chi connectivity index (χ0) is 15.7. The standard InChI is InChI=1S/C16H15ClN2O3/c1-9(12-8-22-13-5-3-2-4-11(12)13)18-16(21)10-6-14(17)19-15(20)7-10/h2-7,9,12H,8H2,1H3,(H,18,21)(H,19,20)/t9-,12+/m0/s1. The molecule has 1 amide bonds. The number of halogens is 1. The van der Waals surface area contributed by atoms with Gasteiger partial charge in [0, 0.05) is 29.2 Å². The average Bonchev–Trinajstić information content (AvgIpc) is 2.90. The predicted octanol–water partition coefficient (Wildman–Crippen LogP) is 2.32. The van der Waals surface area contributed by atoms with Crippen LogP contribution in [0.5, 0.6) is 5.75 Å². The Bertz CT molecular complexity index is 772. The molecule has 0 saturated heterocycles. The van der Waals surface area contributed by atoms with Gasteiger partial charge in [0.2, 0.25) is 5.56 Å². The first-order valence-electron chi connectivity index (χ1n) is 6.97. The fourth-order valence-corrected chi connectivity index (χ4v) is 2.84. The summed E-state index contributed by atoms with van der Waals surface area (Å²) in [6, 6.07) is 10.3. The van der Waals surface area contributed by atoms with Crippen molar-refractivity contribution in [3.8, 4) is 5.75 Å². The number of nitrogens with one attached hydrogen (secondary N) is 2. The lowest BCUT2D eigenvalue weighted by Gasteiger charge is -2.20. The van der Waals surface area contributed by atoms with Crippen LogP contribution in [0.15, 0.2) is 41.2 Å². The zero-order valence-electron chi connectivity index (χ0n) is 11.9. The van der Waals surface area contributed by atoms with E-state index in [2.05, 4.69) is 10.3 Å². The molecule has 1 aromatic carbocycles. The highest BCUT2D eigenvalue weighted by Crippen LogP contribution is 2.35. The summed E-state index contributed by atoms with van der Waals surface area (Å²) >= 11 is 5.77. The third kappa shape index (κ3) is 2.85. The van der Waals surface area contributed by atoms with Gasteiger partial charge in [-0.3, -0.25) is 9.59 Å². The molecule has 0 bridgehead atoms. The molecule has 0 unspecified atom stereocenters. The summed E-state index contributed by atoms with van der Waals surface area (Å²) in [4.78, 5) is 26.0. The number of ether oxygens (including phenoxy) is 1. The highest BCUT2D eigenvalue weighted by atomic mass is 35.5. The van der Waals surface area contributed by atoms with Gasteiger partial charge in [-0.25, -0.2) is 0 Å². The monoisotopic (exact) mass is 318 g/mol. The first-order chi connectivity index (χ1) is 10.5. The van der Waals surface area contributed by atoms with Crippen LogP contribution in [0, 0.1) is 0 Å². The quantitative estimate of drug-likeness (QED) is 0.853. The van der Waals surface area contributed by atoms with E-state index in [-0.39, 0.29) is 28.6 Å². The Kier molecular flexibility index (Phi) is 3.90. The molecule has 0 saturated carbocycles. The minimum absolute atomic E-state index is 0.0811. The summed E-state index contributed by atoms with van der Waals surface area (Å²) < 4.78 is 5.63. The predicted molar refractivity (Wildman–Crippen MR) is 83.7 cm³/mol. The number of aromatic nitrogens is 1. The smallest absolute Gasteiger partial charge is 0.251 e. The first-order valence-corrected chi connectivity index (χ1v) is 7.35. The summed E-state index contributed by atoms with van der Waals surface area (Å²) in [6.45, 7) is 2.44. The van der Waals surface area contributed by atoms with Gasteiger partial charge in [0.1, 0.15) is 10.9 Å². The Morgan fingerprint density at radius 3 is 2.95 bits per heavy atom. The molecule has 2 N–H and O–H groups in total. The fourth-order valence-electron chi connectivity index (χ4n) is 2.63. The minimum atomic E-state index is -0.403. The Labute approximate surface area is 132 Å². The van der Waals surface area contributed by atoms with E-state index in [1.54, 1.807) is 0 Å². The number of H-pyrrole nitrogens is 1. The largest absolute Gasteiger partial charge is 0.493 e. The molecular weight excluding hydrogens is 304 g/mol. The van der Waals surface area contributed by atoms with E-state index >= 15 is 0 Å². The maximum absolute atomic E-state index is 12.3.